The van der Waals surface area contributed by atoms with Crippen LogP contribution in [0.2, 0.25) is 0 Å². The maximum atomic E-state index is 6.40. The first-order valence-electron chi connectivity index (χ1n) is 14.6. The summed E-state index contributed by atoms with van der Waals surface area (Å²) in [6, 6.07) is 53.7. The highest BCUT2D eigenvalue weighted by Gasteiger charge is 2.16. The van der Waals surface area contributed by atoms with Gasteiger partial charge >= 0.3 is 0 Å². The number of rotatable bonds is 4. The highest BCUT2D eigenvalue weighted by Crippen LogP contribution is 2.40. The van der Waals surface area contributed by atoms with E-state index in [1.807, 2.05) is 12.1 Å². The second-order valence-electron chi connectivity index (χ2n) is 11.1. The number of fused-ring (bicyclic) bond motifs is 8. The van der Waals surface area contributed by atoms with Crippen molar-refractivity contribution in [2.24, 2.45) is 0 Å². The molecule has 9 rings (SSSR count). The Labute approximate surface area is 248 Å². The molecule has 9 aromatic rings. The maximum Gasteiger partial charge on any atom is 0.159 e. The van der Waals surface area contributed by atoms with Crippen molar-refractivity contribution < 1.29 is 4.42 Å². The van der Waals surface area contributed by atoms with Gasteiger partial charge in [0.1, 0.15) is 5.58 Å². The number of anilines is 2. The van der Waals surface area contributed by atoms with Gasteiger partial charge in [-0.1, -0.05) is 97.1 Å². The van der Waals surface area contributed by atoms with Gasteiger partial charge in [-0.3, -0.25) is 0 Å². The van der Waals surface area contributed by atoms with Crippen LogP contribution in [0.15, 0.2) is 156 Å². The first kappa shape index (κ1) is 23.9. The molecule has 7 aromatic carbocycles. The van der Waals surface area contributed by atoms with Gasteiger partial charge in [0.15, 0.2) is 5.58 Å². The first-order chi connectivity index (χ1) is 21.3. The van der Waals surface area contributed by atoms with E-state index in [2.05, 4.69) is 149 Å². The largest absolute Gasteiger partial charge is 0.454 e. The molecule has 0 aliphatic rings. The quantitative estimate of drug-likeness (QED) is 0.236. The molecule has 0 saturated carbocycles. The van der Waals surface area contributed by atoms with Crippen molar-refractivity contribution in [2.75, 3.05) is 5.32 Å². The van der Waals surface area contributed by atoms with Crippen LogP contribution in [0.25, 0.3) is 71.3 Å². The molecule has 2 heterocycles. The Hall–Kier alpha value is -5.80. The Morgan fingerprint density at radius 2 is 1.16 bits per heavy atom. The molecule has 3 nitrogen and oxygen atoms in total. The van der Waals surface area contributed by atoms with E-state index in [1.165, 1.54) is 49.4 Å². The number of para-hydroxylation sites is 3. The van der Waals surface area contributed by atoms with E-state index in [9.17, 15) is 0 Å². The highest BCUT2D eigenvalue weighted by atomic mass is 16.3. The zero-order valence-electron chi connectivity index (χ0n) is 23.3. The summed E-state index contributed by atoms with van der Waals surface area (Å²) in [5.41, 5.74) is 9.73. The minimum Gasteiger partial charge on any atom is -0.454 e. The van der Waals surface area contributed by atoms with Crippen LogP contribution in [-0.2, 0) is 0 Å². The third kappa shape index (κ3) is 3.75. The summed E-state index contributed by atoms with van der Waals surface area (Å²) in [5, 5.41) is 10.8. The molecule has 0 bridgehead atoms. The van der Waals surface area contributed by atoms with Gasteiger partial charge in [0.05, 0.1) is 16.7 Å². The van der Waals surface area contributed by atoms with Crippen molar-refractivity contribution in [3.63, 3.8) is 0 Å². The Bertz CT molecular complexity index is 2470. The first-order valence-corrected chi connectivity index (χ1v) is 14.6. The lowest BCUT2D eigenvalue weighted by Crippen LogP contribution is -1.93. The van der Waals surface area contributed by atoms with E-state index in [1.54, 1.807) is 0 Å². The van der Waals surface area contributed by atoms with Gasteiger partial charge in [0.25, 0.3) is 0 Å². The van der Waals surface area contributed by atoms with Crippen LogP contribution >= 0.6 is 0 Å². The van der Waals surface area contributed by atoms with Crippen LogP contribution in [0.3, 0.4) is 0 Å². The van der Waals surface area contributed by atoms with Crippen molar-refractivity contribution in [2.45, 2.75) is 0 Å². The van der Waals surface area contributed by atoms with E-state index in [0.29, 0.717) is 0 Å². The van der Waals surface area contributed by atoms with E-state index >= 15 is 0 Å². The maximum absolute atomic E-state index is 6.40. The topological polar surface area (TPSA) is 30.1 Å². The van der Waals surface area contributed by atoms with Gasteiger partial charge in [-0.25, -0.2) is 0 Å². The Morgan fingerprint density at radius 3 is 2.02 bits per heavy atom. The Balaban J connectivity index is 1.12. The Kier molecular flexibility index (Phi) is 5.20. The fraction of sp³-hybridized carbons (Fsp3) is 0. The van der Waals surface area contributed by atoms with Crippen LogP contribution in [0.5, 0.6) is 0 Å². The fourth-order valence-corrected chi connectivity index (χ4v) is 6.58. The molecule has 3 heteroatoms. The lowest BCUT2D eigenvalue weighted by molar-refractivity contribution is 0.670. The van der Waals surface area contributed by atoms with Crippen LogP contribution in [-0.4, -0.2) is 4.57 Å². The van der Waals surface area contributed by atoms with Gasteiger partial charge in [-0.15, -0.1) is 0 Å². The van der Waals surface area contributed by atoms with Gasteiger partial charge < -0.3 is 14.3 Å². The van der Waals surface area contributed by atoms with E-state index in [0.717, 1.165) is 33.3 Å². The number of nitrogens with one attached hydrogen (secondary N) is 1. The normalized spacial score (nSPS) is 11.7. The van der Waals surface area contributed by atoms with Gasteiger partial charge in [-0.2, -0.15) is 0 Å². The number of hydrogen-bond donors (Lipinski definition) is 1. The lowest BCUT2D eigenvalue weighted by Gasteiger charge is -2.11. The number of aromatic nitrogens is 1. The zero-order chi connectivity index (χ0) is 28.3. The minimum atomic E-state index is 0.879. The smallest absolute Gasteiger partial charge is 0.159 e. The molecule has 0 atom stereocenters. The molecule has 0 amide bonds. The average Bonchev–Trinajstić information content (AvgIpc) is 3.62. The predicted molar refractivity (Wildman–Crippen MR) is 181 cm³/mol. The van der Waals surface area contributed by atoms with E-state index < -0.39 is 0 Å². The molecule has 0 saturated heterocycles. The van der Waals surface area contributed by atoms with Crippen LogP contribution in [0, 0.1) is 0 Å². The SMILES string of the molecule is c1ccc(-n2c3ccccc3c3cc(-c4ccc(Nc5cc6ccccc6c6c5oc5ccccc56)cc4)ccc32)cc1. The summed E-state index contributed by atoms with van der Waals surface area (Å²) in [5.74, 6) is 0. The van der Waals surface area contributed by atoms with E-state index in [4.69, 9.17) is 4.42 Å². The zero-order valence-corrected chi connectivity index (χ0v) is 23.3. The number of furan rings is 1. The summed E-state index contributed by atoms with van der Waals surface area (Å²) in [7, 11) is 0. The van der Waals surface area contributed by atoms with Crippen LogP contribution in [0.4, 0.5) is 11.4 Å². The standard InChI is InChI=1S/C40H26N2O/c1-2-11-30(12-3-1)42-36-16-8-6-14-32(36)34-24-27(20-23-37(34)42)26-18-21-29(22-19-26)41-35-25-28-10-4-5-13-31(28)39-33-15-7-9-17-38(33)43-40(35)39/h1-25,41H. The second-order valence-corrected chi connectivity index (χ2v) is 11.1. The van der Waals surface area contributed by atoms with Gasteiger partial charge in [0.2, 0.25) is 0 Å². The molecule has 202 valence electrons. The number of hydrogen-bond acceptors (Lipinski definition) is 2. The Morgan fingerprint density at radius 1 is 0.488 bits per heavy atom. The third-order valence-corrected chi connectivity index (χ3v) is 8.55. The summed E-state index contributed by atoms with van der Waals surface area (Å²) in [6.07, 6.45) is 0. The monoisotopic (exact) mass is 550 g/mol. The second kappa shape index (κ2) is 9.37. The van der Waals surface area contributed by atoms with Crippen molar-refractivity contribution in [3.8, 4) is 16.8 Å². The summed E-state index contributed by atoms with van der Waals surface area (Å²) < 4.78 is 8.75. The molecule has 0 aliphatic carbocycles. The molecule has 0 fully saturated rings. The van der Waals surface area contributed by atoms with Crippen molar-refractivity contribution in [1.29, 1.82) is 0 Å². The average molecular weight is 551 g/mol. The minimum absolute atomic E-state index is 0.879. The molecule has 1 N–H and O–H groups in total. The van der Waals surface area contributed by atoms with Crippen molar-refractivity contribution >= 4 is 65.9 Å². The van der Waals surface area contributed by atoms with Gasteiger partial charge in [-0.05, 0) is 76.5 Å². The summed E-state index contributed by atoms with van der Waals surface area (Å²) in [4.78, 5) is 0. The van der Waals surface area contributed by atoms with Gasteiger partial charge in [0, 0.05) is 32.9 Å². The molecular formula is C40H26N2O. The fourth-order valence-electron chi connectivity index (χ4n) is 6.58. The number of benzene rings is 7. The summed E-state index contributed by atoms with van der Waals surface area (Å²) >= 11 is 0. The lowest BCUT2D eigenvalue weighted by atomic mass is 10.0. The van der Waals surface area contributed by atoms with Crippen LogP contribution < -0.4 is 5.32 Å². The number of nitrogens with zero attached hydrogens (tertiary/aromatic N) is 1. The molecule has 0 aliphatic heterocycles. The molecule has 43 heavy (non-hydrogen) atoms. The third-order valence-electron chi connectivity index (χ3n) is 8.55. The molecule has 0 radical (unpaired) electrons. The molecule has 2 aromatic heterocycles. The van der Waals surface area contributed by atoms with Crippen molar-refractivity contribution in [1.82, 2.24) is 4.57 Å². The van der Waals surface area contributed by atoms with Crippen LogP contribution in [0.1, 0.15) is 0 Å². The molecule has 0 spiro atoms. The molecule has 0 unspecified atom stereocenters. The predicted octanol–water partition coefficient (Wildman–Crippen LogP) is 11.2. The van der Waals surface area contributed by atoms with Crippen molar-refractivity contribution in [3.05, 3.63) is 152 Å². The van der Waals surface area contributed by atoms with E-state index in [-0.39, 0.29) is 0 Å². The molecular weight excluding hydrogens is 524 g/mol. The summed E-state index contributed by atoms with van der Waals surface area (Å²) in [6.45, 7) is 0. The highest BCUT2D eigenvalue weighted by molar-refractivity contribution is 6.22.